The van der Waals surface area contributed by atoms with Crippen molar-refractivity contribution in [3.63, 3.8) is 0 Å². The van der Waals surface area contributed by atoms with Gasteiger partial charge in [-0.05, 0) is 63.4 Å². The molecule has 0 saturated heterocycles. The third-order valence-corrected chi connectivity index (χ3v) is 5.76. The first-order chi connectivity index (χ1) is 10.7. The van der Waals surface area contributed by atoms with E-state index < -0.39 is 0 Å². The molecule has 1 aliphatic heterocycles. The zero-order valence-electron chi connectivity index (χ0n) is 14.0. The number of likely N-dealkylation sites (N-methyl/N-ethyl adjacent to an activating group) is 1. The predicted molar refractivity (Wildman–Crippen MR) is 97.0 cm³/mol. The van der Waals surface area contributed by atoms with Gasteiger partial charge in [-0.25, -0.2) is 0 Å². The van der Waals surface area contributed by atoms with Crippen LogP contribution in [0, 0.1) is 0 Å². The summed E-state index contributed by atoms with van der Waals surface area (Å²) in [4.78, 5) is 6.25. The van der Waals surface area contributed by atoms with Crippen molar-refractivity contribution in [2.75, 3.05) is 44.5 Å². The molecular formula is C18H29N3S. The highest BCUT2D eigenvalue weighted by Gasteiger charge is 2.19. The molecule has 0 bridgehead atoms. The molecule has 1 heterocycles. The molecule has 1 aromatic carbocycles. The summed E-state index contributed by atoms with van der Waals surface area (Å²) in [5.74, 6) is 1.10. The van der Waals surface area contributed by atoms with Gasteiger partial charge in [0.1, 0.15) is 0 Å². The van der Waals surface area contributed by atoms with E-state index in [4.69, 9.17) is 0 Å². The smallest absolute Gasteiger partial charge is 0.0683 e. The number of hydrogen-bond acceptors (Lipinski definition) is 4. The van der Waals surface area contributed by atoms with Crippen LogP contribution >= 0.6 is 11.8 Å². The number of nitrogens with one attached hydrogen (secondary N) is 1. The fourth-order valence-corrected chi connectivity index (χ4v) is 4.03. The fraction of sp³-hybridized carbons (Fsp3) is 0.667. The molecule has 0 spiro atoms. The fourth-order valence-electron chi connectivity index (χ4n) is 2.95. The molecule has 22 heavy (non-hydrogen) atoms. The number of rotatable bonds is 9. The summed E-state index contributed by atoms with van der Waals surface area (Å²) in [6.07, 6.45) is 6.58. The Hall–Kier alpha value is -0.710. The van der Waals surface area contributed by atoms with E-state index in [0.717, 1.165) is 18.5 Å². The van der Waals surface area contributed by atoms with Crippen LogP contribution < -0.4 is 10.2 Å². The highest BCUT2D eigenvalue weighted by molar-refractivity contribution is 7.99. The van der Waals surface area contributed by atoms with Gasteiger partial charge in [-0.15, -0.1) is 11.8 Å². The van der Waals surface area contributed by atoms with E-state index in [9.17, 15) is 0 Å². The Labute approximate surface area is 139 Å². The first-order valence-corrected chi connectivity index (χ1v) is 9.60. The maximum Gasteiger partial charge on any atom is 0.0683 e. The Balaban J connectivity index is 1.31. The van der Waals surface area contributed by atoms with Gasteiger partial charge in [0, 0.05) is 31.1 Å². The first-order valence-electron chi connectivity index (χ1n) is 8.61. The molecule has 0 radical (unpaired) electrons. The van der Waals surface area contributed by atoms with Crippen LogP contribution in [0.4, 0.5) is 5.69 Å². The number of unbranched alkanes of at least 4 members (excludes halogenated alkanes) is 1. The lowest BCUT2D eigenvalue weighted by Gasteiger charge is -2.16. The van der Waals surface area contributed by atoms with E-state index in [2.05, 4.69) is 47.4 Å². The molecular weight excluding hydrogens is 290 g/mol. The number of hydrogen-bond donors (Lipinski definition) is 1. The molecule has 0 atom stereocenters. The van der Waals surface area contributed by atoms with Crippen molar-refractivity contribution < 1.29 is 0 Å². The number of thioether (sulfide) groups is 1. The van der Waals surface area contributed by atoms with E-state index in [1.165, 1.54) is 61.3 Å². The number of anilines is 1. The van der Waals surface area contributed by atoms with Crippen molar-refractivity contribution in [1.29, 1.82) is 0 Å². The van der Waals surface area contributed by atoms with E-state index in [-0.39, 0.29) is 0 Å². The minimum atomic E-state index is 0.838. The lowest BCUT2D eigenvalue weighted by Crippen LogP contribution is -2.30. The molecule has 1 fully saturated rings. The van der Waals surface area contributed by atoms with Gasteiger partial charge in [0.25, 0.3) is 0 Å². The van der Waals surface area contributed by atoms with Crippen LogP contribution in [0.25, 0.3) is 0 Å². The van der Waals surface area contributed by atoms with Crippen molar-refractivity contribution in [3.8, 4) is 0 Å². The van der Waals surface area contributed by atoms with Crippen molar-refractivity contribution in [1.82, 2.24) is 10.2 Å². The van der Waals surface area contributed by atoms with E-state index in [1.54, 1.807) is 0 Å². The maximum atomic E-state index is 3.58. The molecule has 3 nitrogen and oxygen atoms in total. The summed E-state index contributed by atoms with van der Waals surface area (Å²) in [5.41, 5.74) is 2.90. The van der Waals surface area contributed by atoms with Crippen molar-refractivity contribution >= 4 is 17.4 Å². The van der Waals surface area contributed by atoms with Gasteiger partial charge in [-0.2, -0.15) is 0 Å². The van der Waals surface area contributed by atoms with Gasteiger partial charge in [0.15, 0.2) is 0 Å². The monoisotopic (exact) mass is 319 g/mol. The zero-order valence-corrected chi connectivity index (χ0v) is 14.8. The molecule has 1 aromatic rings. The number of nitrogens with zero attached hydrogens (tertiary/aromatic N) is 2. The molecule has 4 heteroatoms. The number of benzene rings is 1. The van der Waals surface area contributed by atoms with Gasteiger partial charge in [0.05, 0.1) is 11.6 Å². The third kappa shape index (κ3) is 4.64. The van der Waals surface area contributed by atoms with Gasteiger partial charge in [-0.1, -0.05) is 6.07 Å². The molecule has 0 unspecified atom stereocenters. The average molecular weight is 320 g/mol. The number of fused-ring (bicyclic) bond motifs is 1. The van der Waals surface area contributed by atoms with E-state index >= 15 is 0 Å². The quantitative estimate of drug-likeness (QED) is 0.704. The maximum absolute atomic E-state index is 3.58. The Morgan fingerprint density at radius 3 is 2.95 bits per heavy atom. The van der Waals surface area contributed by atoms with Crippen LogP contribution in [-0.4, -0.2) is 50.5 Å². The average Bonchev–Trinajstić information content (AvgIpc) is 3.27. The Kier molecular flexibility index (Phi) is 5.66. The summed E-state index contributed by atoms with van der Waals surface area (Å²) in [6.45, 7) is 3.55. The summed E-state index contributed by atoms with van der Waals surface area (Å²) >= 11 is 1.96. The van der Waals surface area contributed by atoms with Crippen LogP contribution in [0.3, 0.4) is 0 Å². The van der Waals surface area contributed by atoms with Crippen molar-refractivity contribution in [2.45, 2.75) is 43.0 Å². The molecule has 0 amide bonds. The van der Waals surface area contributed by atoms with Crippen molar-refractivity contribution in [3.05, 3.63) is 23.8 Å². The van der Waals surface area contributed by atoms with E-state index in [1.807, 2.05) is 11.8 Å². The molecule has 0 aromatic heterocycles. The second-order valence-electron chi connectivity index (χ2n) is 6.76. The third-order valence-electron chi connectivity index (χ3n) is 4.61. The summed E-state index contributed by atoms with van der Waals surface area (Å²) in [6, 6.07) is 7.84. The predicted octanol–water partition coefficient (Wildman–Crippen LogP) is 3.19. The Morgan fingerprint density at radius 1 is 1.27 bits per heavy atom. The topological polar surface area (TPSA) is 18.5 Å². The van der Waals surface area contributed by atoms with Crippen LogP contribution in [0.2, 0.25) is 0 Å². The standard InChI is InChI=1S/C18H29N3S/c1-20(12-10-19-16-7-8-16)11-4-3-5-15-6-9-17-18(13-15)22-14-21(17)2/h6,9,13,16,19H,3-5,7-8,10-12,14H2,1-2H3. The molecule has 1 saturated carbocycles. The molecule has 1 N–H and O–H groups in total. The van der Waals surface area contributed by atoms with Crippen LogP contribution in [-0.2, 0) is 6.42 Å². The summed E-state index contributed by atoms with van der Waals surface area (Å²) in [5, 5.41) is 3.58. The second-order valence-corrected chi connectivity index (χ2v) is 7.75. The van der Waals surface area contributed by atoms with E-state index in [0.29, 0.717) is 0 Å². The van der Waals surface area contributed by atoms with Crippen molar-refractivity contribution in [2.24, 2.45) is 0 Å². The van der Waals surface area contributed by atoms with Gasteiger partial charge < -0.3 is 15.1 Å². The minimum absolute atomic E-state index is 0.838. The highest BCUT2D eigenvalue weighted by Crippen LogP contribution is 2.37. The Morgan fingerprint density at radius 2 is 2.14 bits per heavy atom. The largest absolute Gasteiger partial charge is 0.364 e. The number of aryl methyl sites for hydroxylation is 1. The van der Waals surface area contributed by atoms with Gasteiger partial charge >= 0.3 is 0 Å². The van der Waals surface area contributed by atoms with Gasteiger partial charge in [0.2, 0.25) is 0 Å². The van der Waals surface area contributed by atoms with Crippen LogP contribution in [0.5, 0.6) is 0 Å². The normalized spacial score (nSPS) is 17.3. The van der Waals surface area contributed by atoms with Gasteiger partial charge in [-0.3, -0.25) is 0 Å². The van der Waals surface area contributed by atoms with Crippen LogP contribution in [0.1, 0.15) is 31.2 Å². The lowest BCUT2D eigenvalue weighted by molar-refractivity contribution is 0.323. The lowest BCUT2D eigenvalue weighted by atomic mass is 10.1. The molecule has 2 aliphatic rings. The molecule has 3 rings (SSSR count). The first kappa shape index (κ1) is 16.2. The summed E-state index contributed by atoms with van der Waals surface area (Å²) in [7, 11) is 4.42. The SMILES string of the molecule is CN(CCCCc1ccc2c(c1)SCN2C)CCNC1CC1. The zero-order chi connectivity index (χ0) is 15.4. The summed E-state index contributed by atoms with van der Waals surface area (Å²) < 4.78 is 0. The highest BCUT2D eigenvalue weighted by atomic mass is 32.2. The minimum Gasteiger partial charge on any atom is -0.364 e. The molecule has 122 valence electrons. The van der Waals surface area contributed by atoms with Crippen LogP contribution in [0.15, 0.2) is 23.1 Å². The second kappa shape index (κ2) is 7.71. The molecule has 1 aliphatic carbocycles. The Bertz CT molecular complexity index is 487.